The van der Waals surface area contributed by atoms with Gasteiger partial charge in [-0.2, -0.15) is 0 Å². The molecule has 1 unspecified atom stereocenters. The molecule has 0 saturated carbocycles. The second kappa shape index (κ2) is 8.25. The van der Waals surface area contributed by atoms with Crippen molar-refractivity contribution in [3.8, 4) is 5.75 Å². The molecule has 1 fully saturated rings. The Kier molecular flexibility index (Phi) is 6.28. The van der Waals surface area contributed by atoms with Crippen molar-refractivity contribution < 1.29 is 19.0 Å². The van der Waals surface area contributed by atoms with Gasteiger partial charge >= 0.3 is 6.09 Å². The van der Waals surface area contributed by atoms with Gasteiger partial charge in [-0.3, -0.25) is 4.99 Å². The van der Waals surface area contributed by atoms with Crippen molar-refractivity contribution in [1.29, 1.82) is 0 Å². The highest BCUT2D eigenvalue weighted by Crippen LogP contribution is 2.16. The van der Waals surface area contributed by atoms with Gasteiger partial charge in [-0.1, -0.05) is 6.07 Å². The summed E-state index contributed by atoms with van der Waals surface area (Å²) in [5, 5.41) is 15.3. The molecule has 0 bridgehead atoms. The van der Waals surface area contributed by atoms with Crippen LogP contribution in [0.3, 0.4) is 0 Å². The molecule has 1 aliphatic heterocycles. The maximum atomic E-state index is 13.4. The molecule has 8 heteroatoms. The molecule has 1 atom stereocenters. The molecule has 1 amide bonds. The first-order valence-electron chi connectivity index (χ1n) is 8.60. The Hall–Kier alpha value is -2.51. The van der Waals surface area contributed by atoms with E-state index in [0.717, 1.165) is 13.0 Å². The summed E-state index contributed by atoms with van der Waals surface area (Å²) in [5.74, 6) is -0.345. The lowest BCUT2D eigenvalue weighted by Gasteiger charge is -2.23. The Balaban J connectivity index is 1.85. The van der Waals surface area contributed by atoms with Crippen LogP contribution >= 0.6 is 0 Å². The summed E-state index contributed by atoms with van der Waals surface area (Å²) in [6, 6.07) is 4.24. The fourth-order valence-corrected chi connectivity index (χ4v) is 2.72. The zero-order chi connectivity index (χ0) is 19.3. The number of alkyl carbamates (subject to hydrolysis) is 1. The normalized spacial score (nSPS) is 18.0. The molecule has 1 aromatic carbocycles. The Labute approximate surface area is 153 Å². The van der Waals surface area contributed by atoms with Gasteiger partial charge in [0.25, 0.3) is 0 Å². The molecule has 0 aromatic heterocycles. The Morgan fingerprint density at radius 1 is 1.46 bits per heavy atom. The van der Waals surface area contributed by atoms with Gasteiger partial charge in [0.05, 0.1) is 6.04 Å². The molecule has 1 aromatic rings. The number of amides is 1. The maximum Gasteiger partial charge on any atom is 0.407 e. The number of likely N-dealkylation sites (tertiary alicyclic amines) is 1. The second-order valence-electron chi connectivity index (χ2n) is 7.26. The van der Waals surface area contributed by atoms with E-state index >= 15 is 0 Å². The summed E-state index contributed by atoms with van der Waals surface area (Å²) in [5.41, 5.74) is 0.170. The maximum absolute atomic E-state index is 13.4. The highest BCUT2D eigenvalue weighted by Gasteiger charge is 2.27. The van der Waals surface area contributed by atoms with Crippen LogP contribution in [0.5, 0.6) is 5.75 Å². The van der Waals surface area contributed by atoms with Crippen molar-refractivity contribution >= 4 is 12.1 Å². The number of phenols is 1. The largest absolute Gasteiger partial charge is 0.505 e. The van der Waals surface area contributed by atoms with Gasteiger partial charge in [0.1, 0.15) is 5.60 Å². The summed E-state index contributed by atoms with van der Waals surface area (Å²) in [6.07, 6.45) is 0.361. The summed E-state index contributed by atoms with van der Waals surface area (Å²) in [7, 11) is 1.67. The lowest BCUT2D eigenvalue weighted by atomic mass is 10.2. The minimum Gasteiger partial charge on any atom is -0.505 e. The highest BCUT2D eigenvalue weighted by atomic mass is 19.1. The van der Waals surface area contributed by atoms with Crippen LogP contribution in [0.25, 0.3) is 0 Å². The summed E-state index contributed by atoms with van der Waals surface area (Å²) < 4.78 is 18.7. The number of rotatable bonds is 3. The molecule has 0 spiro atoms. The van der Waals surface area contributed by atoms with Gasteiger partial charge < -0.3 is 25.4 Å². The van der Waals surface area contributed by atoms with E-state index in [4.69, 9.17) is 4.74 Å². The number of guanidine groups is 1. The second-order valence-corrected chi connectivity index (χ2v) is 7.26. The molecule has 0 aliphatic carbocycles. The van der Waals surface area contributed by atoms with Gasteiger partial charge in [-0.15, -0.1) is 0 Å². The predicted octanol–water partition coefficient (Wildman–Crippen LogP) is 2.21. The zero-order valence-corrected chi connectivity index (χ0v) is 15.7. The van der Waals surface area contributed by atoms with Crippen LogP contribution in [0.15, 0.2) is 23.2 Å². The third-order valence-corrected chi connectivity index (χ3v) is 3.88. The summed E-state index contributed by atoms with van der Waals surface area (Å²) in [6.45, 7) is 7.21. The molecule has 1 saturated heterocycles. The number of aromatic hydroxyl groups is 1. The predicted molar refractivity (Wildman–Crippen MR) is 97.6 cm³/mol. The molecule has 0 radical (unpaired) electrons. The standard InChI is InChI=1S/C18H27FN4O3/c1-18(2,3)26-17(25)22-13-7-8-23(11-13)16(20-4)21-10-12-5-6-15(24)14(19)9-12/h5-6,9,13,24H,7-8,10-11H2,1-4H3,(H,20,21)(H,22,25). The fourth-order valence-electron chi connectivity index (χ4n) is 2.72. The number of nitrogens with zero attached hydrogens (tertiary/aromatic N) is 2. The van der Waals surface area contributed by atoms with Crippen LogP contribution in [-0.4, -0.2) is 53.8 Å². The van der Waals surface area contributed by atoms with Crippen LogP contribution in [0, 0.1) is 5.82 Å². The minimum atomic E-state index is -0.651. The molecule has 144 valence electrons. The summed E-state index contributed by atoms with van der Waals surface area (Å²) >= 11 is 0. The first-order valence-corrected chi connectivity index (χ1v) is 8.60. The fraction of sp³-hybridized carbons (Fsp3) is 0.556. The lowest BCUT2D eigenvalue weighted by molar-refractivity contribution is 0.0507. The molecular weight excluding hydrogens is 339 g/mol. The minimum absolute atomic E-state index is 0.0190. The first-order chi connectivity index (χ1) is 12.2. The van der Waals surface area contributed by atoms with Crippen molar-refractivity contribution in [2.75, 3.05) is 20.1 Å². The summed E-state index contributed by atoms with van der Waals surface area (Å²) in [4.78, 5) is 18.1. The van der Waals surface area contributed by atoms with Gasteiger partial charge in [0.15, 0.2) is 17.5 Å². The molecule has 2 rings (SSSR count). The van der Waals surface area contributed by atoms with E-state index in [2.05, 4.69) is 15.6 Å². The van der Waals surface area contributed by atoms with Crippen LogP contribution in [0.1, 0.15) is 32.8 Å². The molecule has 1 heterocycles. The quantitative estimate of drug-likeness (QED) is 0.564. The van der Waals surface area contributed by atoms with Gasteiger partial charge in [0.2, 0.25) is 0 Å². The lowest BCUT2D eigenvalue weighted by Crippen LogP contribution is -2.44. The molecule has 26 heavy (non-hydrogen) atoms. The molecule has 3 N–H and O–H groups in total. The van der Waals surface area contributed by atoms with Gasteiger partial charge in [0, 0.05) is 26.7 Å². The number of carbonyl (C=O) groups is 1. The number of ether oxygens (including phenoxy) is 1. The van der Waals surface area contributed by atoms with Crippen molar-refractivity contribution in [2.24, 2.45) is 4.99 Å². The van der Waals surface area contributed by atoms with Gasteiger partial charge in [-0.25, -0.2) is 9.18 Å². The van der Waals surface area contributed by atoms with Crippen molar-refractivity contribution in [3.05, 3.63) is 29.6 Å². The Bertz CT molecular complexity index is 673. The number of nitrogens with one attached hydrogen (secondary N) is 2. The number of aliphatic imine (C=N–C) groups is 1. The average molecular weight is 366 g/mol. The number of hydrogen-bond acceptors (Lipinski definition) is 4. The van der Waals surface area contributed by atoms with Crippen molar-refractivity contribution in [1.82, 2.24) is 15.5 Å². The zero-order valence-electron chi connectivity index (χ0n) is 15.7. The smallest absolute Gasteiger partial charge is 0.407 e. The molecular formula is C18H27FN4O3. The van der Waals surface area contributed by atoms with E-state index in [1.54, 1.807) is 13.1 Å². The van der Waals surface area contributed by atoms with E-state index in [-0.39, 0.29) is 11.8 Å². The number of halogens is 1. The van der Waals surface area contributed by atoms with E-state index in [0.29, 0.717) is 24.6 Å². The van der Waals surface area contributed by atoms with Gasteiger partial charge in [-0.05, 0) is 44.9 Å². The third-order valence-electron chi connectivity index (χ3n) is 3.88. The Morgan fingerprint density at radius 2 is 2.19 bits per heavy atom. The van der Waals surface area contributed by atoms with E-state index in [1.807, 2.05) is 25.7 Å². The van der Waals surface area contributed by atoms with Crippen LogP contribution in [-0.2, 0) is 11.3 Å². The first kappa shape index (κ1) is 19.8. The molecule has 7 nitrogen and oxygen atoms in total. The van der Waals surface area contributed by atoms with Crippen LogP contribution < -0.4 is 10.6 Å². The van der Waals surface area contributed by atoms with E-state index in [1.165, 1.54) is 12.1 Å². The number of benzene rings is 1. The topological polar surface area (TPSA) is 86.2 Å². The van der Waals surface area contributed by atoms with Crippen LogP contribution in [0.2, 0.25) is 0 Å². The van der Waals surface area contributed by atoms with E-state index in [9.17, 15) is 14.3 Å². The molecule has 1 aliphatic rings. The Morgan fingerprint density at radius 3 is 2.81 bits per heavy atom. The van der Waals surface area contributed by atoms with E-state index < -0.39 is 17.5 Å². The monoisotopic (exact) mass is 366 g/mol. The van der Waals surface area contributed by atoms with Crippen molar-refractivity contribution in [2.45, 2.75) is 45.4 Å². The van der Waals surface area contributed by atoms with Crippen molar-refractivity contribution in [3.63, 3.8) is 0 Å². The SMILES string of the molecule is CN=C(NCc1ccc(O)c(F)c1)N1CCC(NC(=O)OC(C)(C)C)C1. The number of phenolic OH excluding ortho intramolecular Hbond substituents is 1. The highest BCUT2D eigenvalue weighted by molar-refractivity contribution is 5.80. The van der Waals surface area contributed by atoms with Crippen LogP contribution in [0.4, 0.5) is 9.18 Å². The third kappa shape index (κ3) is 5.79. The number of hydrogen-bond donors (Lipinski definition) is 3. The number of carbonyl (C=O) groups excluding carboxylic acids is 1. The average Bonchev–Trinajstić information content (AvgIpc) is 2.97.